The van der Waals surface area contributed by atoms with E-state index in [-0.39, 0.29) is 0 Å². The van der Waals surface area contributed by atoms with E-state index >= 15 is 0 Å². The van der Waals surface area contributed by atoms with Gasteiger partial charge >= 0.3 is 0 Å². The highest BCUT2D eigenvalue weighted by Gasteiger charge is 2.13. The molecular weight excluding hydrogens is 352 g/mol. The van der Waals surface area contributed by atoms with Crippen LogP contribution in [0.15, 0.2) is 41.7 Å². The average molecular weight is 381 g/mol. The molecule has 0 spiro atoms. The summed E-state index contributed by atoms with van der Waals surface area (Å²) in [6, 6.07) is 10.2. The van der Waals surface area contributed by atoms with E-state index in [0.717, 1.165) is 48.4 Å². The van der Waals surface area contributed by atoms with Crippen LogP contribution in [0.4, 0.5) is 0 Å². The lowest BCUT2D eigenvalue weighted by atomic mass is 10.2. The molecule has 2 aromatic heterocycles. The van der Waals surface area contributed by atoms with Gasteiger partial charge in [0.2, 0.25) is 0 Å². The van der Waals surface area contributed by atoms with Crippen LogP contribution in [-0.2, 0) is 19.5 Å². The van der Waals surface area contributed by atoms with E-state index in [0.29, 0.717) is 6.54 Å². The van der Waals surface area contributed by atoms with Crippen molar-refractivity contribution in [1.82, 2.24) is 35.2 Å². The summed E-state index contributed by atoms with van der Waals surface area (Å²) in [5.74, 6) is 1.75. The van der Waals surface area contributed by atoms with Gasteiger partial charge in [0, 0.05) is 44.4 Å². The van der Waals surface area contributed by atoms with Gasteiger partial charge in [-0.25, -0.2) is 4.68 Å². The first-order chi connectivity index (χ1) is 13.6. The molecule has 1 aromatic carbocycles. The first-order valence-corrected chi connectivity index (χ1v) is 9.55. The Morgan fingerprint density at radius 3 is 2.64 bits per heavy atom. The van der Waals surface area contributed by atoms with E-state index in [2.05, 4.69) is 56.4 Å². The number of rotatable bonds is 7. The van der Waals surface area contributed by atoms with Crippen molar-refractivity contribution < 1.29 is 0 Å². The van der Waals surface area contributed by atoms with Crippen LogP contribution in [0.2, 0.25) is 0 Å². The largest absolute Gasteiger partial charge is 0.355 e. The number of nitrogens with one attached hydrogen (secondary N) is 2. The molecule has 0 fully saturated rings. The predicted octanol–water partition coefficient (Wildman–Crippen LogP) is 2.01. The molecule has 3 aromatic rings. The molecule has 3 rings (SSSR count). The normalized spacial score (nSPS) is 11.6. The zero-order valence-electron chi connectivity index (χ0n) is 17.0. The van der Waals surface area contributed by atoms with Crippen molar-refractivity contribution >= 4 is 5.96 Å². The minimum absolute atomic E-state index is 0.664. The average Bonchev–Trinajstić information content (AvgIpc) is 3.29. The molecule has 2 heterocycles. The Labute approximate surface area is 165 Å². The Morgan fingerprint density at radius 2 is 1.93 bits per heavy atom. The summed E-state index contributed by atoms with van der Waals surface area (Å²) in [6.45, 7) is 8.41. The highest BCUT2D eigenvalue weighted by molar-refractivity contribution is 5.79. The van der Waals surface area contributed by atoms with Crippen LogP contribution < -0.4 is 10.6 Å². The molecule has 0 bridgehead atoms. The molecule has 8 nitrogen and oxygen atoms in total. The standard InChI is InChI=1S/C20H28N8/c1-5-19-25-24-14-27(19)12-11-22-20(21-4)23-13-18-15(2)26-28(16(18)3)17-9-7-6-8-10-17/h6-10,14H,5,11-13H2,1-4H3,(H2,21,22,23). The van der Waals surface area contributed by atoms with Gasteiger partial charge in [0.05, 0.1) is 11.4 Å². The minimum Gasteiger partial charge on any atom is -0.355 e. The Morgan fingerprint density at radius 1 is 1.14 bits per heavy atom. The van der Waals surface area contributed by atoms with Crippen molar-refractivity contribution in [2.75, 3.05) is 13.6 Å². The van der Waals surface area contributed by atoms with Gasteiger partial charge < -0.3 is 15.2 Å². The third-order valence-corrected chi connectivity index (χ3v) is 4.76. The van der Waals surface area contributed by atoms with Crippen LogP contribution >= 0.6 is 0 Å². The Bertz CT molecular complexity index is 923. The fraction of sp³-hybridized carbons (Fsp3) is 0.400. The predicted molar refractivity (Wildman–Crippen MR) is 111 cm³/mol. The topological polar surface area (TPSA) is 84.9 Å². The second-order valence-electron chi connectivity index (χ2n) is 6.54. The summed E-state index contributed by atoms with van der Waals surface area (Å²) in [5.41, 5.74) is 4.39. The summed E-state index contributed by atoms with van der Waals surface area (Å²) < 4.78 is 4.04. The third kappa shape index (κ3) is 4.39. The van der Waals surface area contributed by atoms with E-state index < -0.39 is 0 Å². The van der Waals surface area contributed by atoms with Crippen molar-refractivity contribution in [1.29, 1.82) is 0 Å². The third-order valence-electron chi connectivity index (χ3n) is 4.76. The maximum absolute atomic E-state index is 4.70. The highest BCUT2D eigenvalue weighted by atomic mass is 15.3. The van der Waals surface area contributed by atoms with Gasteiger partial charge in [-0.05, 0) is 26.0 Å². The Balaban J connectivity index is 1.59. The number of hydrogen-bond donors (Lipinski definition) is 2. The van der Waals surface area contributed by atoms with Crippen molar-refractivity contribution in [3.05, 3.63) is 59.4 Å². The number of aliphatic imine (C=N–C) groups is 1. The van der Waals surface area contributed by atoms with E-state index in [1.54, 1.807) is 13.4 Å². The minimum atomic E-state index is 0.664. The number of benzene rings is 1. The van der Waals surface area contributed by atoms with Crippen molar-refractivity contribution in [3.8, 4) is 5.69 Å². The molecule has 0 unspecified atom stereocenters. The van der Waals surface area contributed by atoms with Gasteiger partial charge in [-0.1, -0.05) is 25.1 Å². The number of para-hydroxylation sites is 1. The fourth-order valence-corrected chi connectivity index (χ4v) is 3.18. The van der Waals surface area contributed by atoms with Gasteiger partial charge in [0.1, 0.15) is 12.2 Å². The first kappa shape index (κ1) is 19.6. The molecule has 148 valence electrons. The van der Waals surface area contributed by atoms with Gasteiger partial charge in [-0.15, -0.1) is 10.2 Å². The summed E-state index contributed by atoms with van der Waals surface area (Å²) >= 11 is 0. The maximum Gasteiger partial charge on any atom is 0.191 e. The fourth-order valence-electron chi connectivity index (χ4n) is 3.18. The second-order valence-corrected chi connectivity index (χ2v) is 6.54. The van der Waals surface area contributed by atoms with Crippen molar-refractivity contribution in [2.45, 2.75) is 40.3 Å². The van der Waals surface area contributed by atoms with Gasteiger partial charge in [0.15, 0.2) is 5.96 Å². The lowest BCUT2D eigenvalue weighted by Gasteiger charge is -2.13. The molecule has 0 radical (unpaired) electrons. The zero-order chi connectivity index (χ0) is 19.9. The summed E-state index contributed by atoms with van der Waals surface area (Å²) in [6.07, 6.45) is 2.64. The first-order valence-electron chi connectivity index (χ1n) is 9.55. The van der Waals surface area contributed by atoms with Gasteiger partial charge in [-0.2, -0.15) is 5.10 Å². The van der Waals surface area contributed by atoms with E-state index in [1.165, 1.54) is 5.56 Å². The van der Waals surface area contributed by atoms with Crippen molar-refractivity contribution in [3.63, 3.8) is 0 Å². The molecule has 0 atom stereocenters. The molecular formula is C20H28N8. The summed E-state index contributed by atoms with van der Waals surface area (Å²) in [4.78, 5) is 4.32. The smallest absolute Gasteiger partial charge is 0.191 e. The number of hydrogen-bond acceptors (Lipinski definition) is 4. The SMILES string of the molecule is CCc1nncn1CCNC(=NC)NCc1c(C)nn(-c2ccccc2)c1C. The molecule has 8 heteroatoms. The molecule has 0 aliphatic rings. The van der Waals surface area contributed by atoms with Crippen molar-refractivity contribution in [2.24, 2.45) is 4.99 Å². The van der Waals surface area contributed by atoms with Gasteiger partial charge in [0.25, 0.3) is 0 Å². The van der Waals surface area contributed by atoms with Crippen LogP contribution in [0.25, 0.3) is 5.69 Å². The Kier molecular flexibility index (Phi) is 6.41. The Hall–Kier alpha value is -3.16. The number of aromatic nitrogens is 5. The van der Waals surface area contributed by atoms with Gasteiger partial charge in [-0.3, -0.25) is 4.99 Å². The number of aryl methyl sites for hydroxylation is 2. The summed E-state index contributed by atoms with van der Waals surface area (Å²) in [5, 5.41) is 19.5. The van der Waals surface area contributed by atoms with E-state index in [4.69, 9.17) is 5.10 Å². The molecule has 2 N–H and O–H groups in total. The zero-order valence-corrected chi connectivity index (χ0v) is 17.0. The molecule has 0 aliphatic carbocycles. The lowest BCUT2D eigenvalue weighted by Crippen LogP contribution is -2.38. The number of guanidine groups is 1. The van der Waals surface area contributed by atoms with Crippen LogP contribution in [0.5, 0.6) is 0 Å². The molecule has 0 aliphatic heterocycles. The van der Waals surface area contributed by atoms with Crippen LogP contribution in [0, 0.1) is 13.8 Å². The van der Waals surface area contributed by atoms with E-state index in [9.17, 15) is 0 Å². The monoisotopic (exact) mass is 380 g/mol. The molecule has 0 saturated carbocycles. The second kappa shape index (κ2) is 9.16. The van der Waals surface area contributed by atoms with Crippen LogP contribution in [0.3, 0.4) is 0 Å². The van der Waals surface area contributed by atoms with Crippen LogP contribution in [-0.4, -0.2) is 44.1 Å². The van der Waals surface area contributed by atoms with Crippen LogP contribution in [0.1, 0.15) is 29.7 Å². The quantitative estimate of drug-likeness (QED) is 0.484. The molecule has 0 saturated heterocycles. The molecule has 28 heavy (non-hydrogen) atoms. The number of nitrogens with zero attached hydrogens (tertiary/aromatic N) is 6. The molecule has 0 amide bonds. The summed E-state index contributed by atoms with van der Waals surface area (Å²) in [7, 11) is 1.78. The van der Waals surface area contributed by atoms with E-state index in [1.807, 2.05) is 29.8 Å². The highest BCUT2D eigenvalue weighted by Crippen LogP contribution is 2.17. The maximum atomic E-state index is 4.70. The lowest BCUT2D eigenvalue weighted by molar-refractivity contribution is 0.632.